The summed E-state index contributed by atoms with van der Waals surface area (Å²) in [5, 5.41) is 5.92. The number of hydrogen-bond acceptors (Lipinski definition) is 2. The molecule has 3 nitrogen and oxygen atoms in total. The molecule has 0 aliphatic rings. The van der Waals surface area contributed by atoms with Gasteiger partial charge in [0.2, 0.25) is 5.91 Å². The lowest BCUT2D eigenvalue weighted by Gasteiger charge is -2.15. The fraction of sp³-hybridized carbons (Fsp3) is 0.929. The highest BCUT2D eigenvalue weighted by Crippen LogP contribution is 1.94. The molecule has 108 valence electrons. The molecule has 0 aromatic carbocycles. The molecule has 0 aromatic rings. The van der Waals surface area contributed by atoms with E-state index in [0.29, 0.717) is 6.04 Å². The Balaban J connectivity index is -0.000000121. The van der Waals surface area contributed by atoms with E-state index in [2.05, 4.69) is 17.6 Å². The largest absolute Gasteiger partial charge is 0.352 e. The molecule has 0 aliphatic carbocycles. The molecule has 0 aliphatic heterocycles. The second-order valence-electron chi connectivity index (χ2n) is 2.74. The first-order valence-electron chi connectivity index (χ1n) is 7.12. The van der Waals surface area contributed by atoms with E-state index in [9.17, 15) is 4.79 Å². The molecule has 2 N–H and O–H groups in total. The molecule has 0 saturated heterocycles. The quantitative estimate of drug-likeness (QED) is 0.780. The molecule has 0 rings (SSSR count). The smallest absolute Gasteiger partial charge is 0.217 e. The second kappa shape index (κ2) is 29.5. The molecule has 17 heavy (non-hydrogen) atoms. The Bertz CT molecular complexity index is 111. The third-order valence-electron chi connectivity index (χ3n) is 1.50. The van der Waals surface area contributed by atoms with Gasteiger partial charge in [-0.05, 0) is 13.5 Å². The standard InChI is InChI=1S/C8H18N2O.3C2H6/c1-4-5-8(6-9-3)10-7(2)11;3*1-2/h8-9H,4-6H2,1-3H3,(H,10,11);3*1-2H3. The molecule has 0 aromatic heterocycles. The minimum atomic E-state index is 0.0544. The van der Waals surface area contributed by atoms with Crippen molar-refractivity contribution < 1.29 is 4.79 Å². The fourth-order valence-corrected chi connectivity index (χ4v) is 1.11. The summed E-state index contributed by atoms with van der Waals surface area (Å²) in [6, 6.07) is 0.294. The third kappa shape index (κ3) is 31.3. The summed E-state index contributed by atoms with van der Waals surface area (Å²) in [5.74, 6) is 0.0544. The van der Waals surface area contributed by atoms with Crippen LogP contribution >= 0.6 is 0 Å². The van der Waals surface area contributed by atoms with Gasteiger partial charge in [0, 0.05) is 19.5 Å². The van der Waals surface area contributed by atoms with Gasteiger partial charge in [-0.3, -0.25) is 4.79 Å². The molecule has 1 unspecified atom stereocenters. The minimum absolute atomic E-state index is 0.0544. The number of rotatable bonds is 5. The van der Waals surface area contributed by atoms with Crippen LogP contribution in [-0.2, 0) is 4.79 Å². The average molecular weight is 248 g/mol. The maximum atomic E-state index is 10.7. The van der Waals surface area contributed by atoms with E-state index in [1.165, 1.54) is 0 Å². The van der Waals surface area contributed by atoms with Crippen molar-refractivity contribution in [3.05, 3.63) is 0 Å². The number of carbonyl (C=O) groups is 1. The normalized spacial score (nSPS) is 9.24. The summed E-state index contributed by atoms with van der Waals surface area (Å²) >= 11 is 0. The summed E-state index contributed by atoms with van der Waals surface area (Å²) in [7, 11) is 1.89. The monoisotopic (exact) mass is 248 g/mol. The Morgan fingerprint density at radius 3 is 1.71 bits per heavy atom. The summed E-state index contributed by atoms with van der Waals surface area (Å²) in [5.41, 5.74) is 0. The molecule has 0 heterocycles. The number of carbonyl (C=O) groups excluding carboxylic acids is 1. The third-order valence-corrected chi connectivity index (χ3v) is 1.50. The van der Waals surface area contributed by atoms with E-state index in [-0.39, 0.29) is 5.91 Å². The first kappa shape index (κ1) is 25.3. The van der Waals surface area contributed by atoms with E-state index in [1.54, 1.807) is 6.92 Å². The zero-order valence-electron chi connectivity index (χ0n) is 13.6. The van der Waals surface area contributed by atoms with E-state index in [4.69, 9.17) is 0 Å². The van der Waals surface area contributed by atoms with E-state index < -0.39 is 0 Å². The maximum Gasteiger partial charge on any atom is 0.217 e. The van der Waals surface area contributed by atoms with Crippen LogP contribution in [0.25, 0.3) is 0 Å². The number of likely N-dealkylation sites (N-methyl/N-ethyl adjacent to an activating group) is 1. The van der Waals surface area contributed by atoms with E-state index in [1.807, 2.05) is 48.6 Å². The van der Waals surface area contributed by atoms with Crippen LogP contribution in [0.1, 0.15) is 68.2 Å². The van der Waals surface area contributed by atoms with Gasteiger partial charge >= 0.3 is 0 Å². The molecule has 1 amide bonds. The molecule has 0 saturated carbocycles. The Morgan fingerprint density at radius 1 is 1.06 bits per heavy atom. The number of hydrogen-bond donors (Lipinski definition) is 2. The minimum Gasteiger partial charge on any atom is -0.352 e. The van der Waals surface area contributed by atoms with Crippen molar-refractivity contribution in [2.24, 2.45) is 0 Å². The first-order valence-corrected chi connectivity index (χ1v) is 7.12. The zero-order valence-corrected chi connectivity index (χ0v) is 13.6. The molecular formula is C14H36N2O. The predicted molar refractivity (Wildman–Crippen MR) is 80.5 cm³/mol. The lowest BCUT2D eigenvalue weighted by atomic mass is 10.1. The van der Waals surface area contributed by atoms with Crippen molar-refractivity contribution in [2.75, 3.05) is 13.6 Å². The van der Waals surface area contributed by atoms with Gasteiger partial charge in [0.05, 0.1) is 0 Å². The summed E-state index contributed by atoms with van der Waals surface area (Å²) in [6.07, 6.45) is 2.15. The SMILES string of the molecule is CC.CC.CC.CCCC(CNC)NC(C)=O. The topological polar surface area (TPSA) is 41.1 Å². The molecule has 3 heteroatoms. The van der Waals surface area contributed by atoms with Gasteiger partial charge in [0.25, 0.3) is 0 Å². The van der Waals surface area contributed by atoms with Crippen LogP contribution in [0, 0.1) is 0 Å². The zero-order chi connectivity index (χ0) is 14.7. The summed E-state index contributed by atoms with van der Waals surface area (Å²) < 4.78 is 0. The Hall–Kier alpha value is -0.570. The van der Waals surface area contributed by atoms with Crippen molar-refractivity contribution >= 4 is 5.91 Å². The van der Waals surface area contributed by atoms with Crippen LogP contribution < -0.4 is 10.6 Å². The van der Waals surface area contributed by atoms with Gasteiger partial charge in [-0.1, -0.05) is 54.9 Å². The average Bonchev–Trinajstić information content (AvgIpc) is 2.36. The van der Waals surface area contributed by atoms with Crippen LogP contribution in [0.4, 0.5) is 0 Å². The molecule has 0 fully saturated rings. The van der Waals surface area contributed by atoms with Crippen LogP contribution in [0.5, 0.6) is 0 Å². The number of amides is 1. The molecule has 0 bridgehead atoms. The van der Waals surface area contributed by atoms with E-state index in [0.717, 1.165) is 19.4 Å². The van der Waals surface area contributed by atoms with Crippen LogP contribution in [0.2, 0.25) is 0 Å². The van der Waals surface area contributed by atoms with Crippen molar-refractivity contribution in [3.63, 3.8) is 0 Å². The highest BCUT2D eigenvalue weighted by atomic mass is 16.1. The second-order valence-corrected chi connectivity index (χ2v) is 2.74. The first-order chi connectivity index (χ1) is 8.20. The molecule has 0 radical (unpaired) electrons. The van der Waals surface area contributed by atoms with Crippen molar-refractivity contribution in [1.82, 2.24) is 10.6 Å². The van der Waals surface area contributed by atoms with E-state index >= 15 is 0 Å². The van der Waals surface area contributed by atoms with Gasteiger partial charge in [-0.25, -0.2) is 0 Å². The fourth-order valence-electron chi connectivity index (χ4n) is 1.11. The number of nitrogens with one attached hydrogen (secondary N) is 2. The van der Waals surface area contributed by atoms with Crippen molar-refractivity contribution in [2.45, 2.75) is 74.3 Å². The van der Waals surface area contributed by atoms with Gasteiger partial charge in [-0.15, -0.1) is 0 Å². The van der Waals surface area contributed by atoms with Gasteiger partial charge in [0.15, 0.2) is 0 Å². The lowest BCUT2D eigenvalue weighted by molar-refractivity contribution is -0.119. The molecule has 1 atom stereocenters. The summed E-state index contributed by atoms with van der Waals surface area (Å²) in [6.45, 7) is 16.5. The Morgan fingerprint density at radius 2 is 1.47 bits per heavy atom. The highest BCUT2D eigenvalue weighted by Gasteiger charge is 2.05. The molecular weight excluding hydrogens is 212 g/mol. The Kier molecular flexibility index (Phi) is 44.0. The Labute approximate surface area is 110 Å². The van der Waals surface area contributed by atoms with Gasteiger partial charge < -0.3 is 10.6 Å². The van der Waals surface area contributed by atoms with Gasteiger partial charge in [0.1, 0.15) is 0 Å². The highest BCUT2D eigenvalue weighted by molar-refractivity contribution is 5.73. The predicted octanol–water partition coefficient (Wildman–Crippen LogP) is 3.59. The summed E-state index contributed by atoms with van der Waals surface area (Å²) in [4.78, 5) is 10.7. The van der Waals surface area contributed by atoms with Crippen LogP contribution in [-0.4, -0.2) is 25.5 Å². The molecule has 0 spiro atoms. The van der Waals surface area contributed by atoms with Crippen LogP contribution in [0.3, 0.4) is 0 Å². The van der Waals surface area contributed by atoms with Crippen LogP contribution in [0.15, 0.2) is 0 Å². The maximum absolute atomic E-state index is 10.7. The van der Waals surface area contributed by atoms with Gasteiger partial charge in [-0.2, -0.15) is 0 Å². The lowest BCUT2D eigenvalue weighted by Crippen LogP contribution is -2.39. The van der Waals surface area contributed by atoms with Crippen molar-refractivity contribution in [3.8, 4) is 0 Å². The van der Waals surface area contributed by atoms with Crippen molar-refractivity contribution in [1.29, 1.82) is 0 Å².